The van der Waals surface area contributed by atoms with Crippen LogP contribution in [0.4, 0.5) is 0 Å². The first-order chi connectivity index (χ1) is 9.15. The van der Waals surface area contributed by atoms with E-state index in [2.05, 4.69) is 9.97 Å². The van der Waals surface area contributed by atoms with Crippen molar-refractivity contribution >= 4 is 62.5 Å². The van der Waals surface area contributed by atoms with E-state index in [9.17, 15) is 0 Å². The first kappa shape index (κ1) is 11.4. The summed E-state index contributed by atoms with van der Waals surface area (Å²) in [5, 5.41) is 2.67. The number of pyridine rings is 1. The lowest BCUT2D eigenvalue weighted by atomic mass is 10.2. The van der Waals surface area contributed by atoms with Gasteiger partial charge in [-0.25, -0.2) is 4.98 Å². The Balaban J connectivity index is 2.30. The fraction of sp³-hybridized carbons (Fsp3) is 0. The molecule has 0 unspecified atom stereocenters. The van der Waals surface area contributed by atoms with Gasteiger partial charge in [0.25, 0.3) is 0 Å². The molecule has 94 valence electrons. The number of aromatic nitrogens is 3. The van der Waals surface area contributed by atoms with Crippen molar-refractivity contribution in [2.24, 2.45) is 0 Å². The fourth-order valence-corrected chi connectivity index (χ4v) is 3.09. The molecule has 3 nitrogen and oxygen atoms in total. The summed E-state index contributed by atoms with van der Waals surface area (Å²) in [6.07, 6.45) is 1.90. The summed E-state index contributed by atoms with van der Waals surface area (Å²) in [5.74, 6) is 0. The molecule has 0 radical (unpaired) electrons. The molecular formula is C13H6Cl3N3. The highest BCUT2D eigenvalue weighted by atomic mass is 35.5. The lowest BCUT2D eigenvalue weighted by Crippen LogP contribution is -1.85. The summed E-state index contributed by atoms with van der Waals surface area (Å²) in [6.45, 7) is 0. The average Bonchev–Trinajstić information content (AvgIpc) is 2.88. The van der Waals surface area contributed by atoms with Crippen molar-refractivity contribution in [3.05, 3.63) is 45.5 Å². The van der Waals surface area contributed by atoms with Gasteiger partial charge >= 0.3 is 0 Å². The molecule has 0 spiro atoms. The van der Waals surface area contributed by atoms with Crippen LogP contribution >= 0.6 is 34.8 Å². The van der Waals surface area contributed by atoms with Crippen LogP contribution in [0.25, 0.3) is 27.7 Å². The number of hydrogen-bond acceptors (Lipinski definition) is 1. The highest BCUT2D eigenvalue weighted by molar-refractivity contribution is 6.39. The third-order valence-electron chi connectivity index (χ3n) is 3.16. The minimum Gasteiger partial charge on any atom is -0.338 e. The van der Waals surface area contributed by atoms with Crippen LogP contribution in [0.15, 0.2) is 30.5 Å². The predicted molar refractivity (Wildman–Crippen MR) is 79.6 cm³/mol. The number of imidazole rings is 1. The molecule has 0 bridgehead atoms. The quantitative estimate of drug-likeness (QED) is 0.491. The number of benzene rings is 1. The van der Waals surface area contributed by atoms with Crippen molar-refractivity contribution in [2.45, 2.75) is 0 Å². The van der Waals surface area contributed by atoms with Crippen molar-refractivity contribution in [3.63, 3.8) is 0 Å². The van der Waals surface area contributed by atoms with E-state index >= 15 is 0 Å². The fourth-order valence-electron chi connectivity index (χ4n) is 2.35. The van der Waals surface area contributed by atoms with Gasteiger partial charge < -0.3 is 4.98 Å². The van der Waals surface area contributed by atoms with Crippen molar-refractivity contribution in [2.75, 3.05) is 0 Å². The number of aromatic amines is 1. The van der Waals surface area contributed by atoms with E-state index in [1.807, 2.05) is 28.8 Å². The normalized spacial score (nSPS) is 11.9. The Labute approximate surface area is 122 Å². The molecule has 19 heavy (non-hydrogen) atoms. The van der Waals surface area contributed by atoms with Crippen LogP contribution in [-0.4, -0.2) is 14.4 Å². The summed E-state index contributed by atoms with van der Waals surface area (Å²) >= 11 is 18.4. The molecule has 4 rings (SSSR count). The molecule has 0 aliphatic carbocycles. The molecule has 0 saturated heterocycles. The van der Waals surface area contributed by atoms with Gasteiger partial charge in [-0.05, 0) is 24.3 Å². The maximum absolute atomic E-state index is 6.19. The van der Waals surface area contributed by atoms with Crippen molar-refractivity contribution in [1.29, 1.82) is 0 Å². The van der Waals surface area contributed by atoms with Crippen LogP contribution in [0.5, 0.6) is 0 Å². The van der Waals surface area contributed by atoms with Gasteiger partial charge in [-0.15, -0.1) is 0 Å². The molecule has 6 heteroatoms. The van der Waals surface area contributed by atoms with Crippen molar-refractivity contribution < 1.29 is 0 Å². The Hall–Kier alpha value is -1.42. The monoisotopic (exact) mass is 309 g/mol. The Morgan fingerprint density at radius 1 is 1.11 bits per heavy atom. The van der Waals surface area contributed by atoms with Crippen LogP contribution in [0.1, 0.15) is 0 Å². The van der Waals surface area contributed by atoms with Gasteiger partial charge in [0.15, 0.2) is 5.65 Å². The summed E-state index contributed by atoms with van der Waals surface area (Å²) in [4.78, 5) is 7.84. The van der Waals surface area contributed by atoms with E-state index in [1.54, 1.807) is 6.07 Å². The SMILES string of the molecule is Clc1cc(Cl)c2[nH]c3c(nc4c(Cl)cccn43)c2c1. The van der Waals surface area contributed by atoms with Gasteiger partial charge in [-0.1, -0.05) is 34.8 Å². The molecule has 1 aromatic carbocycles. The topological polar surface area (TPSA) is 33.1 Å². The Bertz CT molecular complexity index is 952. The first-order valence-electron chi connectivity index (χ1n) is 5.58. The van der Waals surface area contributed by atoms with Gasteiger partial charge in [0.2, 0.25) is 0 Å². The number of fused-ring (bicyclic) bond motifs is 5. The highest BCUT2D eigenvalue weighted by Gasteiger charge is 2.15. The van der Waals surface area contributed by atoms with Crippen LogP contribution < -0.4 is 0 Å². The zero-order chi connectivity index (χ0) is 13.1. The average molecular weight is 311 g/mol. The number of nitrogens with zero attached hydrogens (tertiary/aromatic N) is 2. The zero-order valence-corrected chi connectivity index (χ0v) is 11.7. The van der Waals surface area contributed by atoms with Gasteiger partial charge in [-0.2, -0.15) is 0 Å². The molecule has 0 amide bonds. The Kier molecular flexibility index (Phi) is 2.28. The van der Waals surface area contributed by atoms with Crippen LogP contribution in [-0.2, 0) is 0 Å². The number of nitrogens with one attached hydrogen (secondary N) is 1. The molecule has 0 saturated carbocycles. The number of hydrogen-bond donors (Lipinski definition) is 1. The van der Waals surface area contributed by atoms with Crippen LogP contribution in [0.2, 0.25) is 15.1 Å². The highest BCUT2D eigenvalue weighted by Crippen LogP contribution is 2.34. The van der Waals surface area contributed by atoms with Gasteiger partial charge in [0.05, 0.1) is 15.6 Å². The molecule has 3 aromatic heterocycles. The molecule has 0 aliphatic rings. The largest absolute Gasteiger partial charge is 0.338 e. The van der Waals surface area contributed by atoms with E-state index in [0.29, 0.717) is 20.7 Å². The molecule has 1 N–H and O–H groups in total. The summed E-state index contributed by atoms with van der Waals surface area (Å²) in [7, 11) is 0. The minimum absolute atomic E-state index is 0.580. The van der Waals surface area contributed by atoms with E-state index in [1.165, 1.54) is 0 Å². The first-order valence-corrected chi connectivity index (χ1v) is 6.71. The molecule has 4 aromatic rings. The Morgan fingerprint density at radius 3 is 2.79 bits per heavy atom. The molecule has 0 atom stereocenters. The third kappa shape index (κ3) is 1.49. The smallest absolute Gasteiger partial charge is 0.157 e. The second kappa shape index (κ2) is 3.79. The predicted octanol–water partition coefficient (Wildman–Crippen LogP) is 4.93. The minimum atomic E-state index is 0.580. The van der Waals surface area contributed by atoms with Gasteiger partial charge in [0, 0.05) is 16.6 Å². The number of rotatable bonds is 0. The summed E-state index contributed by atoms with van der Waals surface area (Å²) in [6, 6.07) is 7.24. The van der Waals surface area contributed by atoms with Gasteiger partial charge in [0.1, 0.15) is 11.2 Å². The number of halogens is 3. The maximum Gasteiger partial charge on any atom is 0.157 e. The summed E-state index contributed by atoms with van der Waals surface area (Å²) < 4.78 is 1.90. The zero-order valence-electron chi connectivity index (χ0n) is 9.42. The molecule has 0 fully saturated rings. The standard InChI is InChI=1S/C13H6Cl3N3/c14-6-4-7-10(9(16)5-6)17-13-11(7)18-12-8(15)2-1-3-19(12)13/h1-5,17H. The van der Waals surface area contributed by atoms with Crippen LogP contribution in [0.3, 0.4) is 0 Å². The van der Waals surface area contributed by atoms with Crippen molar-refractivity contribution in [3.8, 4) is 0 Å². The van der Waals surface area contributed by atoms with E-state index in [4.69, 9.17) is 34.8 Å². The lowest BCUT2D eigenvalue weighted by Gasteiger charge is -1.97. The van der Waals surface area contributed by atoms with Crippen LogP contribution in [0, 0.1) is 0 Å². The lowest BCUT2D eigenvalue weighted by molar-refractivity contribution is 1.20. The molecular weight excluding hydrogens is 305 g/mol. The van der Waals surface area contributed by atoms with E-state index < -0.39 is 0 Å². The molecule has 0 aliphatic heterocycles. The number of H-pyrrole nitrogens is 1. The summed E-state index contributed by atoms with van der Waals surface area (Å²) in [5.41, 5.74) is 3.21. The Morgan fingerprint density at radius 2 is 1.95 bits per heavy atom. The van der Waals surface area contributed by atoms with Gasteiger partial charge in [-0.3, -0.25) is 4.40 Å². The third-order valence-corrected chi connectivity index (χ3v) is 3.97. The maximum atomic E-state index is 6.19. The second-order valence-electron chi connectivity index (χ2n) is 4.29. The molecule has 3 heterocycles. The second-order valence-corrected chi connectivity index (χ2v) is 5.54. The van der Waals surface area contributed by atoms with Crippen molar-refractivity contribution in [1.82, 2.24) is 14.4 Å². The van der Waals surface area contributed by atoms with E-state index in [-0.39, 0.29) is 0 Å². The van der Waals surface area contributed by atoms with E-state index in [0.717, 1.165) is 22.1 Å².